The van der Waals surface area contributed by atoms with Crippen molar-refractivity contribution in [3.05, 3.63) is 24.0 Å². The van der Waals surface area contributed by atoms with Gasteiger partial charge in [0.15, 0.2) is 6.29 Å². The predicted molar refractivity (Wildman–Crippen MR) is 63.6 cm³/mol. The number of carbonyl (C=O) groups excluding carboxylic acids is 1. The van der Waals surface area contributed by atoms with E-state index in [2.05, 4.69) is 10.3 Å². The van der Waals surface area contributed by atoms with Crippen molar-refractivity contribution in [3.8, 4) is 0 Å². The monoisotopic (exact) mass is 222 g/mol. The number of aromatic nitrogens is 1. The van der Waals surface area contributed by atoms with E-state index in [1.807, 2.05) is 17.8 Å². The van der Waals surface area contributed by atoms with Crippen molar-refractivity contribution in [2.75, 3.05) is 16.8 Å². The minimum absolute atomic E-state index is 0.507. The highest BCUT2D eigenvalue weighted by Crippen LogP contribution is 2.21. The second kappa shape index (κ2) is 5.16. The zero-order valence-corrected chi connectivity index (χ0v) is 9.30. The lowest BCUT2D eigenvalue weighted by atomic mass is 10.1. The average molecular weight is 222 g/mol. The Hall–Kier alpha value is -1.03. The molecule has 1 aliphatic heterocycles. The number of pyridine rings is 1. The zero-order chi connectivity index (χ0) is 10.5. The Bertz CT molecular complexity index is 337. The van der Waals surface area contributed by atoms with Crippen molar-refractivity contribution >= 4 is 23.7 Å². The third-order valence-electron chi connectivity index (χ3n) is 2.56. The van der Waals surface area contributed by atoms with E-state index in [1.165, 1.54) is 24.3 Å². The molecule has 0 spiro atoms. The van der Waals surface area contributed by atoms with E-state index in [4.69, 9.17) is 0 Å². The Labute approximate surface area is 93.7 Å². The molecule has 80 valence electrons. The molecule has 0 aliphatic carbocycles. The first-order valence-corrected chi connectivity index (χ1v) is 6.29. The van der Waals surface area contributed by atoms with Gasteiger partial charge in [0.2, 0.25) is 0 Å². The molecule has 1 aromatic rings. The van der Waals surface area contributed by atoms with E-state index in [-0.39, 0.29) is 0 Å². The number of rotatable bonds is 3. The van der Waals surface area contributed by atoms with Gasteiger partial charge in [-0.15, -0.1) is 0 Å². The molecule has 0 bridgehead atoms. The van der Waals surface area contributed by atoms with Gasteiger partial charge in [-0.1, -0.05) is 0 Å². The third kappa shape index (κ3) is 2.72. The average Bonchev–Trinajstić information content (AvgIpc) is 2.31. The number of aldehydes is 1. The molecule has 2 rings (SSSR count). The summed E-state index contributed by atoms with van der Waals surface area (Å²) in [7, 11) is 0. The van der Waals surface area contributed by atoms with Crippen LogP contribution in [0.4, 0.5) is 5.69 Å². The van der Waals surface area contributed by atoms with Gasteiger partial charge in [0, 0.05) is 24.1 Å². The second-order valence-corrected chi connectivity index (χ2v) is 4.84. The van der Waals surface area contributed by atoms with Crippen molar-refractivity contribution in [1.29, 1.82) is 0 Å². The van der Waals surface area contributed by atoms with Crippen LogP contribution in [-0.2, 0) is 0 Å². The third-order valence-corrected chi connectivity index (χ3v) is 3.61. The highest BCUT2D eigenvalue weighted by molar-refractivity contribution is 7.99. The summed E-state index contributed by atoms with van der Waals surface area (Å²) >= 11 is 2.00. The highest BCUT2D eigenvalue weighted by atomic mass is 32.2. The van der Waals surface area contributed by atoms with Crippen LogP contribution < -0.4 is 5.32 Å². The zero-order valence-electron chi connectivity index (χ0n) is 8.48. The molecule has 0 aromatic carbocycles. The molecule has 15 heavy (non-hydrogen) atoms. The minimum atomic E-state index is 0.507. The van der Waals surface area contributed by atoms with E-state index in [1.54, 1.807) is 12.4 Å². The topological polar surface area (TPSA) is 42.0 Å². The normalized spacial score (nSPS) is 17.3. The summed E-state index contributed by atoms with van der Waals surface area (Å²) in [6.45, 7) is 0. The molecule has 0 atom stereocenters. The van der Waals surface area contributed by atoms with Gasteiger partial charge in [-0.2, -0.15) is 11.8 Å². The van der Waals surface area contributed by atoms with Crippen LogP contribution in [0.1, 0.15) is 23.2 Å². The van der Waals surface area contributed by atoms with Gasteiger partial charge in [-0.05, 0) is 30.4 Å². The first-order valence-electron chi connectivity index (χ1n) is 5.13. The number of carbonyl (C=O) groups is 1. The molecule has 0 radical (unpaired) electrons. The summed E-state index contributed by atoms with van der Waals surface area (Å²) in [4.78, 5) is 14.7. The van der Waals surface area contributed by atoms with Crippen LogP contribution in [0.25, 0.3) is 0 Å². The van der Waals surface area contributed by atoms with Crippen LogP contribution in [0.2, 0.25) is 0 Å². The lowest BCUT2D eigenvalue weighted by Crippen LogP contribution is -2.25. The molecule has 0 amide bonds. The van der Waals surface area contributed by atoms with E-state index in [0.717, 1.165) is 12.0 Å². The van der Waals surface area contributed by atoms with Crippen molar-refractivity contribution in [2.24, 2.45) is 0 Å². The maximum Gasteiger partial charge on any atom is 0.153 e. The maximum atomic E-state index is 10.8. The summed E-state index contributed by atoms with van der Waals surface area (Å²) in [6.07, 6.45) is 6.52. The van der Waals surface area contributed by atoms with E-state index < -0.39 is 0 Å². The fraction of sp³-hybridized carbons (Fsp3) is 0.455. The van der Waals surface area contributed by atoms with Gasteiger partial charge in [-0.3, -0.25) is 9.78 Å². The first-order chi connectivity index (χ1) is 7.40. The van der Waals surface area contributed by atoms with Gasteiger partial charge in [0.05, 0.1) is 5.56 Å². The van der Waals surface area contributed by atoms with Gasteiger partial charge in [0.25, 0.3) is 0 Å². The first kappa shape index (κ1) is 10.5. The van der Waals surface area contributed by atoms with Gasteiger partial charge < -0.3 is 5.32 Å². The fourth-order valence-electron chi connectivity index (χ4n) is 1.69. The quantitative estimate of drug-likeness (QED) is 0.796. The molecule has 4 heteroatoms. The summed E-state index contributed by atoms with van der Waals surface area (Å²) in [5.41, 5.74) is 1.56. The molecule has 0 saturated carbocycles. The Balaban J connectivity index is 2.05. The molecular formula is C11H14N2OS. The van der Waals surface area contributed by atoms with Crippen molar-refractivity contribution < 1.29 is 4.79 Å². The molecule has 2 heterocycles. The number of hydrogen-bond donors (Lipinski definition) is 1. The van der Waals surface area contributed by atoms with Crippen LogP contribution in [0.15, 0.2) is 18.5 Å². The van der Waals surface area contributed by atoms with Crippen molar-refractivity contribution in [2.45, 2.75) is 18.9 Å². The molecule has 1 aromatic heterocycles. The van der Waals surface area contributed by atoms with Crippen molar-refractivity contribution in [1.82, 2.24) is 4.98 Å². The van der Waals surface area contributed by atoms with Crippen LogP contribution in [0, 0.1) is 0 Å². The van der Waals surface area contributed by atoms with E-state index >= 15 is 0 Å². The van der Waals surface area contributed by atoms with Crippen LogP contribution in [0.5, 0.6) is 0 Å². The molecule has 1 fully saturated rings. The molecule has 1 N–H and O–H groups in total. The number of hydrogen-bond acceptors (Lipinski definition) is 4. The fourth-order valence-corrected chi connectivity index (χ4v) is 2.80. The number of nitrogens with zero attached hydrogens (tertiary/aromatic N) is 1. The molecule has 0 unspecified atom stereocenters. The minimum Gasteiger partial charge on any atom is -0.382 e. The molecule has 3 nitrogen and oxygen atoms in total. The van der Waals surface area contributed by atoms with Crippen LogP contribution >= 0.6 is 11.8 Å². The molecular weight excluding hydrogens is 208 g/mol. The van der Waals surface area contributed by atoms with Gasteiger partial charge in [0.1, 0.15) is 0 Å². The summed E-state index contributed by atoms with van der Waals surface area (Å²) in [5.74, 6) is 2.42. The van der Waals surface area contributed by atoms with Crippen molar-refractivity contribution in [3.63, 3.8) is 0 Å². The van der Waals surface area contributed by atoms with E-state index in [0.29, 0.717) is 11.6 Å². The number of anilines is 1. The standard InChI is InChI=1S/C11H14N2OS/c14-8-9-7-12-4-1-11(9)13-10-2-5-15-6-3-10/h1,4,7-8,10H,2-3,5-6H2,(H,12,13). The van der Waals surface area contributed by atoms with Crippen LogP contribution in [-0.4, -0.2) is 28.8 Å². The number of nitrogens with one attached hydrogen (secondary N) is 1. The lowest BCUT2D eigenvalue weighted by Gasteiger charge is -2.24. The molecule has 1 saturated heterocycles. The van der Waals surface area contributed by atoms with Crippen LogP contribution in [0.3, 0.4) is 0 Å². The Morgan fingerprint density at radius 3 is 3.00 bits per heavy atom. The van der Waals surface area contributed by atoms with E-state index in [9.17, 15) is 4.79 Å². The largest absolute Gasteiger partial charge is 0.382 e. The van der Waals surface area contributed by atoms with Gasteiger partial charge >= 0.3 is 0 Å². The van der Waals surface area contributed by atoms with Gasteiger partial charge in [-0.25, -0.2) is 0 Å². The summed E-state index contributed by atoms with van der Waals surface area (Å²) < 4.78 is 0. The maximum absolute atomic E-state index is 10.8. The Kier molecular flexibility index (Phi) is 3.61. The Morgan fingerprint density at radius 2 is 2.27 bits per heavy atom. The summed E-state index contributed by atoms with van der Waals surface area (Å²) in [5, 5.41) is 3.42. The SMILES string of the molecule is O=Cc1cnccc1NC1CCSCC1. The molecule has 1 aliphatic rings. The lowest BCUT2D eigenvalue weighted by molar-refractivity contribution is 0.112. The second-order valence-electron chi connectivity index (χ2n) is 3.61. The Morgan fingerprint density at radius 1 is 1.47 bits per heavy atom. The predicted octanol–water partition coefficient (Wildman–Crippen LogP) is 2.20. The number of thioether (sulfide) groups is 1. The smallest absolute Gasteiger partial charge is 0.153 e. The highest BCUT2D eigenvalue weighted by Gasteiger charge is 2.14. The summed E-state index contributed by atoms with van der Waals surface area (Å²) in [6, 6.07) is 2.37.